The highest BCUT2D eigenvalue weighted by atomic mass is 16.6. The van der Waals surface area contributed by atoms with Crippen molar-refractivity contribution in [2.75, 3.05) is 0 Å². The van der Waals surface area contributed by atoms with Crippen LogP contribution in [0.3, 0.4) is 0 Å². The van der Waals surface area contributed by atoms with Gasteiger partial charge in [-0.3, -0.25) is 15.1 Å². The second kappa shape index (κ2) is 5.79. The fourth-order valence-electron chi connectivity index (χ4n) is 2.70. The lowest BCUT2D eigenvalue weighted by atomic mass is 10.1. The Hall–Kier alpha value is -3.61. The molecule has 2 heterocycles. The number of aromatic nitrogens is 3. The van der Waals surface area contributed by atoms with Gasteiger partial charge in [-0.15, -0.1) is 0 Å². The Balaban J connectivity index is 1.83. The zero-order valence-electron chi connectivity index (χ0n) is 13.2. The van der Waals surface area contributed by atoms with Gasteiger partial charge in [-0.25, -0.2) is 0 Å². The van der Waals surface area contributed by atoms with Gasteiger partial charge in [0.2, 0.25) is 5.82 Å². The molecule has 7 heteroatoms. The molecule has 0 amide bonds. The molecule has 4 aromatic rings. The van der Waals surface area contributed by atoms with Crippen LogP contribution >= 0.6 is 0 Å². The van der Waals surface area contributed by atoms with Crippen LogP contribution in [0.5, 0.6) is 0 Å². The number of benzene rings is 2. The van der Waals surface area contributed by atoms with Crippen molar-refractivity contribution in [1.82, 2.24) is 15.1 Å². The average Bonchev–Trinajstić information content (AvgIpc) is 3.11. The van der Waals surface area contributed by atoms with Gasteiger partial charge in [0.05, 0.1) is 10.4 Å². The zero-order chi connectivity index (χ0) is 17.4. The van der Waals surface area contributed by atoms with Gasteiger partial charge in [0.15, 0.2) is 0 Å². The average molecular weight is 332 g/mol. The van der Waals surface area contributed by atoms with E-state index in [0.29, 0.717) is 11.4 Å². The number of nitrogens with zero attached hydrogens (tertiary/aromatic N) is 4. The Morgan fingerprint density at radius 1 is 1.04 bits per heavy atom. The molecule has 0 aliphatic rings. The molecule has 2 aromatic carbocycles. The Bertz CT molecular complexity index is 1100. The topological polar surface area (TPSA) is 95.0 Å². The lowest BCUT2D eigenvalue weighted by Gasteiger charge is -2.03. The summed E-state index contributed by atoms with van der Waals surface area (Å²) in [5.41, 5.74) is 2.98. The van der Waals surface area contributed by atoms with Crippen LogP contribution in [0.25, 0.3) is 33.7 Å². The van der Waals surface area contributed by atoms with E-state index in [1.54, 1.807) is 12.1 Å². The summed E-state index contributed by atoms with van der Waals surface area (Å²) in [5, 5.41) is 15.9. The van der Waals surface area contributed by atoms with E-state index in [2.05, 4.69) is 15.1 Å². The molecule has 7 nitrogen and oxygen atoms in total. The minimum atomic E-state index is -0.458. The van der Waals surface area contributed by atoms with E-state index in [-0.39, 0.29) is 11.6 Å². The summed E-state index contributed by atoms with van der Waals surface area (Å²) in [6, 6.07) is 15.7. The zero-order valence-corrected chi connectivity index (χ0v) is 13.2. The van der Waals surface area contributed by atoms with Crippen molar-refractivity contribution in [3.8, 4) is 22.8 Å². The van der Waals surface area contributed by atoms with Crippen LogP contribution in [0.4, 0.5) is 5.69 Å². The van der Waals surface area contributed by atoms with Gasteiger partial charge >= 0.3 is 0 Å². The summed E-state index contributed by atoms with van der Waals surface area (Å²) < 4.78 is 5.32. The number of nitro groups is 1. The number of nitro benzene ring substituents is 1. The second-order valence-corrected chi connectivity index (χ2v) is 5.56. The number of hydrogen-bond acceptors (Lipinski definition) is 6. The fraction of sp³-hybridized carbons (Fsp3) is 0.0556. The first kappa shape index (κ1) is 14.9. The van der Waals surface area contributed by atoms with Gasteiger partial charge in [-0.1, -0.05) is 29.4 Å². The normalized spacial score (nSPS) is 10.9. The predicted molar refractivity (Wildman–Crippen MR) is 91.9 cm³/mol. The van der Waals surface area contributed by atoms with Crippen LogP contribution in [0, 0.1) is 17.0 Å². The molecule has 0 saturated heterocycles. The van der Waals surface area contributed by atoms with E-state index in [9.17, 15) is 10.1 Å². The quantitative estimate of drug-likeness (QED) is 0.413. The fourth-order valence-corrected chi connectivity index (χ4v) is 2.70. The minimum Gasteiger partial charge on any atom is -0.334 e. The van der Waals surface area contributed by atoms with E-state index >= 15 is 0 Å². The van der Waals surface area contributed by atoms with E-state index in [0.717, 1.165) is 22.2 Å². The van der Waals surface area contributed by atoms with Crippen LogP contribution in [-0.2, 0) is 0 Å². The molecule has 0 aliphatic carbocycles. The van der Waals surface area contributed by atoms with Crippen LogP contribution < -0.4 is 0 Å². The van der Waals surface area contributed by atoms with Crippen LogP contribution in [0.1, 0.15) is 5.69 Å². The number of para-hydroxylation sites is 1. The molecule has 0 unspecified atom stereocenters. The highest BCUT2D eigenvalue weighted by Gasteiger charge is 2.16. The molecule has 0 radical (unpaired) electrons. The summed E-state index contributed by atoms with van der Waals surface area (Å²) in [4.78, 5) is 19.4. The molecule has 0 fully saturated rings. The van der Waals surface area contributed by atoms with Gasteiger partial charge in [-0.05, 0) is 25.1 Å². The van der Waals surface area contributed by atoms with E-state index < -0.39 is 4.92 Å². The third-order valence-corrected chi connectivity index (χ3v) is 3.82. The smallest absolute Gasteiger partial charge is 0.270 e. The molecule has 4 rings (SSSR count). The lowest BCUT2D eigenvalue weighted by molar-refractivity contribution is -0.384. The first-order valence-electron chi connectivity index (χ1n) is 7.57. The monoisotopic (exact) mass is 332 g/mol. The van der Waals surface area contributed by atoms with Crippen molar-refractivity contribution in [1.29, 1.82) is 0 Å². The lowest BCUT2D eigenvalue weighted by Crippen LogP contribution is -1.90. The van der Waals surface area contributed by atoms with Crippen molar-refractivity contribution in [3.63, 3.8) is 0 Å². The Morgan fingerprint density at radius 2 is 1.88 bits per heavy atom. The summed E-state index contributed by atoms with van der Waals surface area (Å²) in [6.07, 6.45) is 0. The van der Waals surface area contributed by atoms with E-state index in [1.807, 2.05) is 37.3 Å². The standard InChI is InChI=1S/C18H12N4O3/c1-11-9-15(14-7-2-3-8-16(14)19-11)17-20-18(25-21-17)12-5-4-6-13(10-12)22(23)24/h2-10H,1H3. The molecule has 0 N–H and O–H groups in total. The van der Waals surface area contributed by atoms with Crippen LogP contribution in [0.15, 0.2) is 59.1 Å². The SMILES string of the molecule is Cc1cc(-c2noc(-c3cccc([N+](=O)[O-])c3)n2)c2ccccc2n1. The Kier molecular flexibility index (Phi) is 3.46. The van der Waals surface area contributed by atoms with Gasteiger partial charge in [0.25, 0.3) is 11.6 Å². The largest absolute Gasteiger partial charge is 0.334 e. The third kappa shape index (κ3) is 2.72. The maximum absolute atomic E-state index is 10.9. The molecule has 0 aliphatic heterocycles. The number of fused-ring (bicyclic) bond motifs is 1. The highest BCUT2D eigenvalue weighted by molar-refractivity contribution is 5.92. The van der Waals surface area contributed by atoms with Gasteiger partial charge in [-0.2, -0.15) is 4.98 Å². The molecule has 0 spiro atoms. The number of aryl methyl sites for hydroxylation is 1. The number of non-ortho nitro benzene ring substituents is 1. The highest BCUT2D eigenvalue weighted by Crippen LogP contribution is 2.29. The Morgan fingerprint density at radius 3 is 2.72 bits per heavy atom. The summed E-state index contributed by atoms with van der Waals surface area (Å²) in [6.45, 7) is 1.90. The third-order valence-electron chi connectivity index (χ3n) is 3.82. The van der Waals surface area contributed by atoms with Crippen molar-refractivity contribution in [2.24, 2.45) is 0 Å². The van der Waals surface area contributed by atoms with Crippen molar-refractivity contribution >= 4 is 16.6 Å². The van der Waals surface area contributed by atoms with Crippen molar-refractivity contribution in [3.05, 3.63) is 70.4 Å². The minimum absolute atomic E-state index is 0.0255. The molecule has 2 aromatic heterocycles. The molecule has 0 bridgehead atoms. The van der Waals surface area contributed by atoms with Gasteiger partial charge in [0.1, 0.15) is 0 Å². The first-order valence-corrected chi connectivity index (χ1v) is 7.57. The van der Waals surface area contributed by atoms with Crippen molar-refractivity contribution in [2.45, 2.75) is 6.92 Å². The summed E-state index contributed by atoms with van der Waals surface area (Å²) in [5.74, 6) is 0.653. The molecular formula is C18H12N4O3. The number of hydrogen-bond donors (Lipinski definition) is 0. The summed E-state index contributed by atoms with van der Waals surface area (Å²) >= 11 is 0. The van der Waals surface area contributed by atoms with Crippen LogP contribution in [0.2, 0.25) is 0 Å². The van der Waals surface area contributed by atoms with E-state index in [1.165, 1.54) is 12.1 Å². The number of pyridine rings is 1. The van der Waals surface area contributed by atoms with Gasteiger partial charge in [0, 0.05) is 34.3 Å². The number of rotatable bonds is 3. The molecule has 122 valence electrons. The second-order valence-electron chi connectivity index (χ2n) is 5.56. The van der Waals surface area contributed by atoms with E-state index in [4.69, 9.17) is 4.52 Å². The summed E-state index contributed by atoms with van der Waals surface area (Å²) in [7, 11) is 0. The molecule has 0 saturated carbocycles. The predicted octanol–water partition coefficient (Wildman–Crippen LogP) is 4.17. The molecule has 0 atom stereocenters. The van der Waals surface area contributed by atoms with Crippen molar-refractivity contribution < 1.29 is 9.45 Å². The Labute approximate surface area is 142 Å². The first-order chi connectivity index (χ1) is 12.1. The molecule has 25 heavy (non-hydrogen) atoms. The maximum atomic E-state index is 10.9. The molecular weight excluding hydrogens is 320 g/mol. The van der Waals surface area contributed by atoms with Gasteiger partial charge < -0.3 is 4.52 Å². The maximum Gasteiger partial charge on any atom is 0.270 e. The van der Waals surface area contributed by atoms with Crippen LogP contribution in [-0.4, -0.2) is 20.0 Å².